The summed E-state index contributed by atoms with van der Waals surface area (Å²) in [4.78, 5) is 27.8. The van der Waals surface area contributed by atoms with Crippen molar-refractivity contribution in [3.8, 4) is 0 Å². The first kappa shape index (κ1) is 15.7. The minimum atomic E-state index is 0.00846. The fourth-order valence-corrected chi connectivity index (χ4v) is 2.35. The SMILES string of the molecule is CCCNC(=O)CN1CCN(CC(=O)c2ccco2)CC1. The second-order valence-electron chi connectivity index (χ2n) is 5.30. The lowest BCUT2D eigenvalue weighted by molar-refractivity contribution is -0.122. The summed E-state index contributed by atoms with van der Waals surface area (Å²) in [5, 5.41) is 2.88. The average Bonchev–Trinajstić information content (AvgIpc) is 3.01. The van der Waals surface area contributed by atoms with Gasteiger partial charge in [-0.2, -0.15) is 0 Å². The first-order valence-electron chi connectivity index (χ1n) is 7.47. The zero-order valence-electron chi connectivity index (χ0n) is 12.5. The van der Waals surface area contributed by atoms with E-state index >= 15 is 0 Å². The van der Waals surface area contributed by atoms with Gasteiger partial charge in [-0.3, -0.25) is 19.4 Å². The highest BCUT2D eigenvalue weighted by Crippen LogP contribution is 2.06. The molecule has 116 valence electrons. The highest BCUT2D eigenvalue weighted by Gasteiger charge is 2.21. The maximum atomic E-state index is 11.9. The first-order chi connectivity index (χ1) is 10.2. The molecule has 2 heterocycles. The highest BCUT2D eigenvalue weighted by atomic mass is 16.3. The molecule has 1 aromatic heterocycles. The Morgan fingerprint density at radius 2 is 1.86 bits per heavy atom. The van der Waals surface area contributed by atoms with Crippen LogP contribution in [-0.2, 0) is 4.79 Å². The third-order valence-electron chi connectivity index (χ3n) is 3.57. The monoisotopic (exact) mass is 293 g/mol. The molecule has 0 saturated carbocycles. The van der Waals surface area contributed by atoms with E-state index in [0.717, 1.165) is 39.1 Å². The van der Waals surface area contributed by atoms with Crippen LogP contribution in [0.5, 0.6) is 0 Å². The standard InChI is InChI=1S/C15H23N3O3/c1-2-5-16-15(20)12-18-8-6-17(7-9-18)11-13(19)14-4-3-10-21-14/h3-4,10H,2,5-9,11-12H2,1H3,(H,16,20). The van der Waals surface area contributed by atoms with Crippen LogP contribution < -0.4 is 5.32 Å². The molecule has 0 radical (unpaired) electrons. The number of hydrogen-bond donors (Lipinski definition) is 1. The van der Waals surface area contributed by atoms with Gasteiger partial charge in [0.15, 0.2) is 5.76 Å². The van der Waals surface area contributed by atoms with Crippen LogP contribution in [0.3, 0.4) is 0 Å². The third kappa shape index (κ3) is 4.99. The van der Waals surface area contributed by atoms with Crippen molar-refractivity contribution in [2.75, 3.05) is 45.8 Å². The maximum absolute atomic E-state index is 11.9. The van der Waals surface area contributed by atoms with Crippen molar-refractivity contribution in [3.05, 3.63) is 24.2 Å². The number of ketones is 1. The predicted octanol–water partition coefficient (Wildman–Crippen LogP) is 0.606. The largest absolute Gasteiger partial charge is 0.461 e. The molecule has 1 aliphatic rings. The minimum absolute atomic E-state index is 0.00846. The normalized spacial score (nSPS) is 16.8. The average molecular weight is 293 g/mol. The van der Waals surface area contributed by atoms with Crippen LogP contribution in [0.1, 0.15) is 23.9 Å². The summed E-state index contributed by atoms with van der Waals surface area (Å²) >= 11 is 0. The molecular weight excluding hydrogens is 270 g/mol. The quantitative estimate of drug-likeness (QED) is 0.746. The van der Waals surface area contributed by atoms with Gasteiger partial charge in [0.05, 0.1) is 19.4 Å². The van der Waals surface area contributed by atoms with Crippen LogP contribution >= 0.6 is 0 Å². The highest BCUT2D eigenvalue weighted by molar-refractivity contribution is 5.95. The van der Waals surface area contributed by atoms with E-state index in [0.29, 0.717) is 18.8 Å². The van der Waals surface area contributed by atoms with Gasteiger partial charge in [0.25, 0.3) is 0 Å². The third-order valence-corrected chi connectivity index (χ3v) is 3.57. The summed E-state index contributed by atoms with van der Waals surface area (Å²) in [5.74, 6) is 0.502. The Morgan fingerprint density at radius 3 is 2.43 bits per heavy atom. The molecule has 1 aromatic rings. The summed E-state index contributed by atoms with van der Waals surface area (Å²) in [7, 11) is 0. The van der Waals surface area contributed by atoms with Crippen molar-refractivity contribution >= 4 is 11.7 Å². The van der Waals surface area contributed by atoms with E-state index in [2.05, 4.69) is 15.1 Å². The number of carbonyl (C=O) groups is 2. The van der Waals surface area contributed by atoms with E-state index in [9.17, 15) is 9.59 Å². The van der Waals surface area contributed by atoms with Crippen molar-refractivity contribution in [3.63, 3.8) is 0 Å². The summed E-state index contributed by atoms with van der Waals surface area (Å²) in [6.45, 7) is 6.81. The molecule has 1 amide bonds. The number of carbonyl (C=O) groups excluding carboxylic acids is 2. The van der Waals surface area contributed by atoms with Gasteiger partial charge in [0.2, 0.25) is 11.7 Å². The number of furan rings is 1. The number of amides is 1. The molecule has 1 aliphatic heterocycles. The number of piperazine rings is 1. The molecule has 0 bridgehead atoms. The summed E-state index contributed by atoms with van der Waals surface area (Å²) < 4.78 is 5.11. The van der Waals surface area contributed by atoms with Crippen molar-refractivity contribution in [1.82, 2.24) is 15.1 Å². The molecule has 1 N–H and O–H groups in total. The van der Waals surface area contributed by atoms with Gasteiger partial charge in [-0.1, -0.05) is 6.92 Å². The molecule has 2 rings (SSSR count). The zero-order chi connectivity index (χ0) is 15.1. The van der Waals surface area contributed by atoms with E-state index in [4.69, 9.17) is 4.42 Å². The van der Waals surface area contributed by atoms with Crippen LogP contribution in [0.2, 0.25) is 0 Å². The van der Waals surface area contributed by atoms with E-state index in [1.807, 2.05) is 6.92 Å². The molecule has 0 spiro atoms. The van der Waals surface area contributed by atoms with Crippen molar-refractivity contribution in [1.29, 1.82) is 0 Å². The van der Waals surface area contributed by atoms with Crippen molar-refractivity contribution in [2.24, 2.45) is 0 Å². The Bertz CT molecular complexity index is 451. The second kappa shape index (κ2) is 7.95. The molecule has 0 aliphatic carbocycles. The fraction of sp³-hybridized carbons (Fsp3) is 0.600. The van der Waals surface area contributed by atoms with Gasteiger partial charge >= 0.3 is 0 Å². The van der Waals surface area contributed by atoms with Gasteiger partial charge in [-0.05, 0) is 18.6 Å². The number of Topliss-reactive ketones (excluding diaryl/α,β-unsaturated/α-hetero) is 1. The molecule has 0 atom stereocenters. The van der Waals surface area contributed by atoms with Crippen LogP contribution in [0, 0.1) is 0 Å². The van der Waals surface area contributed by atoms with Gasteiger partial charge in [-0.15, -0.1) is 0 Å². The predicted molar refractivity (Wildman–Crippen MR) is 79.2 cm³/mol. The minimum Gasteiger partial charge on any atom is -0.461 e. The van der Waals surface area contributed by atoms with E-state index in [1.54, 1.807) is 12.1 Å². The van der Waals surface area contributed by atoms with Gasteiger partial charge in [0.1, 0.15) is 0 Å². The topological polar surface area (TPSA) is 65.8 Å². The zero-order valence-corrected chi connectivity index (χ0v) is 12.5. The Morgan fingerprint density at radius 1 is 1.19 bits per heavy atom. The Kier molecular flexibility index (Phi) is 5.95. The van der Waals surface area contributed by atoms with Crippen molar-refractivity contribution in [2.45, 2.75) is 13.3 Å². The molecule has 1 saturated heterocycles. The lowest BCUT2D eigenvalue weighted by Crippen LogP contribution is -2.50. The fourth-order valence-electron chi connectivity index (χ4n) is 2.35. The van der Waals surface area contributed by atoms with Crippen LogP contribution in [-0.4, -0.2) is 67.3 Å². The van der Waals surface area contributed by atoms with E-state index < -0.39 is 0 Å². The van der Waals surface area contributed by atoms with Crippen LogP contribution in [0.15, 0.2) is 22.8 Å². The lowest BCUT2D eigenvalue weighted by Gasteiger charge is -2.33. The van der Waals surface area contributed by atoms with Crippen LogP contribution in [0.25, 0.3) is 0 Å². The van der Waals surface area contributed by atoms with Gasteiger partial charge < -0.3 is 9.73 Å². The smallest absolute Gasteiger partial charge is 0.234 e. The Hall–Kier alpha value is -1.66. The number of rotatable bonds is 7. The van der Waals surface area contributed by atoms with E-state index in [-0.39, 0.29) is 11.7 Å². The second-order valence-corrected chi connectivity index (χ2v) is 5.30. The number of nitrogens with zero attached hydrogens (tertiary/aromatic N) is 2. The van der Waals surface area contributed by atoms with Gasteiger partial charge in [0, 0.05) is 32.7 Å². The Balaban J connectivity index is 1.68. The summed E-state index contributed by atoms with van der Waals surface area (Å²) in [6.07, 6.45) is 2.47. The first-order valence-corrected chi connectivity index (χ1v) is 7.47. The number of nitrogens with one attached hydrogen (secondary N) is 1. The molecule has 0 unspecified atom stereocenters. The Labute approximate surface area is 125 Å². The molecular formula is C15H23N3O3. The maximum Gasteiger partial charge on any atom is 0.234 e. The molecule has 6 heteroatoms. The molecule has 1 fully saturated rings. The molecule has 21 heavy (non-hydrogen) atoms. The number of hydrogen-bond acceptors (Lipinski definition) is 5. The lowest BCUT2D eigenvalue weighted by atomic mass is 10.2. The van der Waals surface area contributed by atoms with Crippen molar-refractivity contribution < 1.29 is 14.0 Å². The van der Waals surface area contributed by atoms with E-state index in [1.165, 1.54) is 6.26 Å². The molecule has 0 aromatic carbocycles. The molecule has 6 nitrogen and oxygen atoms in total. The van der Waals surface area contributed by atoms with Gasteiger partial charge in [-0.25, -0.2) is 0 Å². The summed E-state index contributed by atoms with van der Waals surface area (Å²) in [6, 6.07) is 3.41. The summed E-state index contributed by atoms with van der Waals surface area (Å²) in [5.41, 5.74) is 0. The van der Waals surface area contributed by atoms with Crippen LogP contribution in [0.4, 0.5) is 0 Å².